The molecule has 0 aromatic rings. The van der Waals surface area contributed by atoms with Gasteiger partial charge in [-0.05, 0) is 12.8 Å². The van der Waals surface area contributed by atoms with Gasteiger partial charge in [0.2, 0.25) is 0 Å². The van der Waals surface area contributed by atoms with Gasteiger partial charge in [0.25, 0.3) is 0 Å². The molecule has 1 unspecified atom stereocenters. The number of carbonyl (C=O) groups excluding carboxylic acids is 1. The summed E-state index contributed by atoms with van der Waals surface area (Å²) in [4.78, 5) is 11.3. The monoisotopic (exact) mass is 218 g/mol. The Morgan fingerprint density at radius 2 is 2.14 bits per heavy atom. The van der Waals surface area contributed by atoms with Gasteiger partial charge in [-0.1, -0.05) is 0 Å². The van der Waals surface area contributed by atoms with E-state index in [1.165, 1.54) is 0 Å². The molecule has 2 aliphatic rings. The molecule has 2 saturated heterocycles. The largest absolute Gasteiger partial charge is 0.373 e. The average molecular weight is 218 g/mol. The van der Waals surface area contributed by atoms with Crippen LogP contribution in [0.1, 0.15) is 25.7 Å². The molecule has 1 atom stereocenters. The molecule has 0 aromatic carbocycles. The molecule has 2 heterocycles. The SMILES string of the molecule is O=C1CCOC2(CCCS(=O)(=O)C2)C1. The summed E-state index contributed by atoms with van der Waals surface area (Å²) in [6.45, 7) is 0.383. The lowest BCUT2D eigenvalue weighted by atomic mass is 9.90. The predicted octanol–water partition coefficient (Wildman–Crippen LogP) is 0.313. The quantitative estimate of drug-likeness (QED) is 0.587. The second kappa shape index (κ2) is 3.31. The Balaban J connectivity index is 2.18. The van der Waals surface area contributed by atoms with Gasteiger partial charge in [-0.3, -0.25) is 4.79 Å². The van der Waals surface area contributed by atoms with Gasteiger partial charge in [-0.15, -0.1) is 0 Å². The number of rotatable bonds is 0. The molecule has 2 fully saturated rings. The van der Waals surface area contributed by atoms with E-state index in [0.717, 1.165) is 0 Å². The first kappa shape index (κ1) is 10.1. The molecular weight excluding hydrogens is 204 g/mol. The molecule has 14 heavy (non-hydrogen) atoms. The van der Waals surface area contributed by atoms with Crippen molar-refractivity contribution in [3.05, 3.63) is 0 Å². The number of hydrogen-bond acceptors (Lipinski definition) is 4. The Labute approximate surface area is 83.5 Å². The Kier molecular flexibility index (Phi) is 2.39. The van der Waals surface area contributed by atoms with Gasteiger partial charge in [-0.2, -0.15) is 0 Å². The molecule has 0 amide bonds. The summed E-state index contributed by atoms with van der Waals surface area (Å²) in [5.41, 5.74) is -0.674. The van der Waals surface area contributed by atoms with Crippen LogP contribution in [0.15, 0.2) is 0 Å². The van der Waals surface area contributed by atoms with E-state index in [9.17, 15) is 13.2 Å². The number of Topliss-reactive ketones (excluding diaryl/α,β-unsaturated/α-hetero) is 1. The summed E-state index contributed by atoms with van der Waals surface area (Å²) < 4.78 is 28.4. The molecule has 0 saturated carbocycles. The third kappa shape index (κ3) is 1.98. The lowest BCUT2D eigenvalue weighted by Crippen LogP contribution is -2.49. The van der Waals surface area contributed by atoms with Crippen LogP contribution < -0.4 is 0 Å². The molecule has 5 heteroatoms. The highest BCUT2D eigenvalue weighted by molar-refractivity contribution is 7.91. The van der Waals surface area contributed by atoms with Crippen molar-refractivity contribution in [3.8, 4) is 0 Å². The van der Waals surface area contributed by atoms with Crippen LogP contribution in [-0.2, 0) is 19.4 Å². The number of hydrogen-bond donors (Lipinski definition) is 0. The first-order valence-corrected chi connectivity index (χ1v) is 6.70. The van der Waals surface area contributed by atoms with E-state index in [1.54, 1.807) is 0 Å². The highest BCUT2D eigenvalue weighted by Gasteiger charge is 2.43. The molecule has 0 radical (unpaired) electrons. The van der Waals surface area contributed by atoms with Crippen LogP contribution in [0.3, 0.4) is 0 Å². The maximum absolute atomic E-state index is 11.4. The number of sulfone groups is 1. The van der Waals surface area contributed by atoms with E-state index in [-0.39, 0.29) is 23.7 Å². The van der Waals surface area contributed by atoms with Gasteiger partial charge in [0, 0.05) is 12.8 Å². The van der Waals surface area contributed by atoms with Gasteiger partial charge in [0.1, 0.15) is 5.78 Å². The Bertz CT molecular complexity index is 342. The molecule has 80 valence electrons. The molecule has 2 rings (SSSR count). The zero-order chi connectivity index (χ0) is 10.2. The maximum Gasteiger partial charge on any atom is 0.153 e. The first-order chi connectivity index (χ1) is 6.52. The van der Waals surface area contributed by atoms with E-state index < -0.39 is 15.4 Å². The minimum atomic E-state index is -2.99. The van der Waals surface area contributed by atoms with Crippen LogP contribution in [0.2, 0.25) is 0 Å². The van der Waals surface area contributed by atoms with Crippen molar-refractivity contribution in [2.45, 2.75) is 31.3 Å². The van der Waals surface area contributed by atoms with Crippen molar-refractivity contribution in [1.29, 1.82) is 0 Å². The number of carbonyl (C=O) groups is 1. The second-order valence-corrected chi connectivity index (χ2v) is 6.38. The fourth-order valence-corrected chi connectivity index (χ4v) is 4.15. The third-order valence-electron chi connectivity index (χ3n) is 2.88. The fourth-order valence-electron chi connectivity index (χ4n) is 2.29. The summed E-state index contributed by atoms with van der Waals surface area (Å²) in [5.74, 6) is 0.409. The van der Waals surface area contributed by atoms with Crippen molar-refractivity contribution in [2.75, 3.05) is 18.1 Å². The minimum absolute atomic E-state index is 0.0335. The zero-order valence-corrected chi connectivity index (χ0v) is 8.81. The predicted molar refractivity (Wildman–Crippen MR) is 50.8 cm³/mol. The van der Waals surface area contributed by atoms with Gasteiger partial charge in [0.05, 0.1) is 23.7 Å². The molecule has 0 aromatic heterocycles. The van der Waals surface area contributed by atoms with Crippen LogP contribution in [-0.4, -0.2) is 37.9 Å². The van der Waals surface area contributed by atoms with E-state index in [4.69, 9.17) is 4.74 Å². The fraction of sp³-hybridized carbons (Fsp3) is 0.889. The smallest absolute Gasteiger partial charge is 0.153 e. The van der Waals surface area contributed by atoms with Crippen molar-refractivity contribution in [1.82, 2.24) is 0 Å². The summed E-state index contributed by atoms with van der Waals surface area (Å²) >= 11 is 0. The minimum Gasteiger partial charge on any atom is -0.373 e. The Hall–Kier alpha value is -0.420. The lowest BCUT2D eigenvalue weighted by molar-refractivity contribution is -0.138. The Morgan fingerprint density at radius 3 is 2.79 bits per heavy atom. The Morgan fingerprint density at radius 1 is 1.36 bits per heavy atom. The summed E-state index contributed by atoms with van der Waals surface area (Å²) in [6.07, 6.45) is 2.04. The zero-order valence-electron chi connectivity index (χ0n) is 7.99. The summed E-state index contributed by atoms with van der Waals surface area (Å²) in [6, 6.07) is 0. The van der Waals surface area contributed by atoms with Gasteiger partial charge < -0.3 is 4.74 Å². The summed E-state index contributed by atoms with van der Waals surface area (Å²) in [5, 5.41) is 0. The number of ether oxygens (including phenoxy) is 1. The number of ketones is 1. The second-order valence-electron chi connectivity index (χ2n) is 4.19. The van der Waals surface area contributed by atoms with Gasteiger partial charge in [-0.25, -0.2) is 8.42 Å². The topological polar surface area (TPSA) is 60.4 Å². The van der Waals surface area contributed by atoms with Gasteiger partial charge >= 0.3 is 0 Å². The van der Waals surface area contributed by atoms with E-state index in [0.29, 0.717) is 25.9 Å². The third-order valence-corrected chi connectivity index (χ3v) is 4.76. The molecule has 2 aliphatic heterocycles. The van der Waals surface area contributed by atoms with Crippen LogP contribution in [0.4, 0.5) is 0 Å². The molecule has 0 aliphatic carbocycles. The first-order valence-electron chi connectivity index (χ1n) is 4.88. The average Bonchev–Trinajstić information content (AvgIpc) is 2.00. The molecule has 0 N–H and O–H groups in total. The normalized spacial score (nSPS) is 37.3. The van der Waals surface area contributed by atoms with Gasteiger partial charge in [0.15, 0.2) is 9.84 Å². The molecule has 0 bridgehead atoms. The van der Waals surface area contributed by atoms with E-state index in [1.807, 2.05) is 0 Å². The van der Waals surface area contributed by atoms with Crippen LogP contribution >= 0.6 is 0 Å². The van der Waals surface area contributed by atoms with Crippen molar-refractivity contribution in [3.63, 3.8) is 0 Å². The van der Waals surface area contributed by atoms with Crippen LogP contribution in [0, 0.1) is 0 Å². The molecular formula is C9H14O4S. The highest BCUT2D eigenvalue weighted by Crippen LogP contribution is 2.33. The standard InChI is InChI=1S/C9H14O4S/c10-8-2-4-13-9(6-8)3-1-5-14(11,12)7-9/h1-7H2. The van der Waals surface area contributed by atoms with E-state index >= 15 is 0 Å². The van der Waals surface area contributed by atoms with Crippen molar-refractivity contribution in [2.24, 2.45) is 0 Å². The van der Waals surface area contributed by atoms with Crippen molar-refractivity contribution >= 4 is 15.6 Å². The van der Waals surface area contributed by atoms with Crippen LogP contribution in [0.5, 0.6) is 0 Å². The molecule has 4 nitrogen and oxygen atoms in total. The van der Waals surface area contributed by atoms with Crippen molar-refractivity contribution < 1.29 is 17.9 Å². The molecule has 1 spiro atoms. The summed E-state index contributed by atoms with van der Waals surface area (Å²) in [7, 11) is -2.99. The maximum atomic E-state index is 11.4. The lowest BCUT2D eigenvalue weighted by Gasteiger charge is -2.38. The van der Waals surface area contributed by atoms with Crippen LogP contribution in [0.25, 0.3) is 0 Å². The highest BCUT2D eigenvalue weighted by atomic mass is 32.2. The van der Waals surface area contributed by atoms with E-state index in [2.05, 4.69) is 0 Å².